The van der Waals surface area contributed by atoms with Crippen LogP contribution in [0.5, 0.6) is 0 Å². The number of nitrogens with one attached hydrogen (secondary N) is 1. The monoisotopic (exact) mass is 262 g/mol. The van der Waals surface area contributed by atoms with Gasteiger partial charge in [0.05, 0.1) is 6.10 Å². The lowest BCUT2D eigenvalue weighted by Crippen LogP contribution is -2.30. The fourth-order valence-corrected chi connectivity index (χ4v) is 1.48. The summed E-state index contributed by atoms with van der Waals surface area (Å²) in [6.07, 6.45) is 3.40. The van der Waals surface area contributed by atoms with Crippen molar-refractivity contribution in [3.8, 4) is 0 Å². The van der Waals surface area contributed by atoms with Crippen LogP contribution in [0.1, 0.15) is 18.9 Å². The number of hydrogen-bond acceptors (Lipinski definition) is 3. The molecule has 1 aromatic rings. The Hall–Kier alpha value is -1.81. The Morgan fingerprint density at radius 2 is 2.00 bits per heavy atom. The van der Waals surface area contributed by atoms with Crippen LogP contribution in [0.15, 0.2) is 30.3 Å². The molecular formula is C15H22N2O2. The molecule has 1 amide bonds. The summed E-state index contributed by atoms with van der Waals surface area (Å²) in [7, 11) is 3.97. The molecule has 0 radical (unpaired) electrons. The van der Waals surface area contributed by atoms with Gasteiger partial charge in [0.15, 0.2) is 0 Å². The molecule has 19 heavy (non-hydrogen) atoms. The molecule has 1 aromatic carbocycles. The van der Waals surface area contributed by atoms with Crippen LogP contribution in [0.3, 0.4) is 0 Å². The van der Waals surface area contributed by atoms with Gasteiger partial charge < -0.3 is 15.3 Å². The van der Waals surface area contributed by atoms with Gasteiger partial charge in [0.1, 0.15) is 0 Å². The smallest absolute Gasteiger partial charge is 0.244 e. The van der Waals surface area contributed by atoms with E-state index in [0.29, 0.717) is 13.0 Å². The van der Waals surface area contributed by atoms with E-state index >= 15 is 0 Å². The zero-order valence-corrected chi connectivity index (χ0v) is 11.8. The Bertz CT molecular complexity index is 424. The number of aliphatic hydroxyl groups excluding tert-OH is 1. The van der Waals surface area contributed by atoms with Crippen molar-refractivity contribution < 1.29 is 9.90 Å². The van der Waals surface area contributed by atoms with Gasteiger partial charge in [0.25, 0.3) is 0 Å². The third kappa shape index (κ3) is 5.57. The summed E-state index contributed by atoms with van der Waals surface area (Å²) in [4.78, 5) is 13.5. The van der Waals surface area contributed by atoms with E-state index in [0.717, 1.165) is 11.3 Å². The minimum atomic E-state index is -0.475. The van der Waals surface area contributed by atoms with Crippen molar-refractivity contribution in [2.75, 3.05) is 25.5 Å². The molecule has 0 saturated heterocycles. The number of carbonyl (C=O) groups is 1. The van der Waals surface area contributed by atoms with E-state index in [1.165, 1.54) is 6.08 Å². The van der Waals surface area contributed by atoms with Crippen molar-refractivity contribution in [3.05, 3.63) is 35.9 Å². The fraction of sp³-hybridized carbons (Fsp3) is 0.400. The van der Waals surface area contributed by atoms with E-state index in [1.807, 2.05) is 50.2 Å². The van der Waals surface area contributed by atoms with E-state index in [4.69, 9.17) is 0 Å². The topological polar surface area (TPSA) is 52.6 Å². The standard InChI is InChI=1S/C15H22N2O2/c1-4-14(18)11-16-15(19)10-7-12-5-8-13(9-6-12)17(2)3/h5-10,14,18H,4,11H2,1-3H3,(H,16,19)/b10-7+. The van der Waals surface area contributed by atoms with E-state index in [1.54, 1.807) is 6.08 Å². The number of amides is 1. The molecule has 2 N–H and O–H groups in total. The second kappa shape index (κ2) is 7.59. The molecule has 1 atom stereocenters. The minimum absolute atomic E-state index is 0.191. The molecule has 104 valence electrons. The highest BCUT2D eigenvalue weighted by Gasteiger charge is 2.01. The zero-order chi connectivity index (χ0) is 14.3. The molecule has 0 bridgehead atoms. The van der Waals surface area contributed by atoms with Crippen molar-refractivity contribution in [2.45, 2.75) is 19.4 Å². The largest absolute Gasteiger partial charge is 0.391 e. The highest BCUT2D eigenvalue weighted by molar-refractivity contribution is 5.91. The number of nitrogens with zero attached hydrogens (tertiary/aromatic N) is 1. The van der Waals surface area contributed by atoms with Crippen LogP contribution in [-0.2, 0) is 4.79 Å². The maximum Gasteiger partial charge on any atom is 0.244 e. The van der Waals surface area contributed by atoms with Crippen LogP contribution < -0.4 is 10.2 Å². The van der Waals surface area contributed by atoms with E-state index in [-0.39, 0.29) is 5.91 Å². The molecule has 1 rings (SSSR count). The van der Waals surface area contributed by atoms with Crippen molar-refractivity contribution in [3.63, 3.8) is 0 Å². The van der Waals surface area contributed by atoms with Crippen LogP contribution in [0.25, 0.3) is 6.08 Å². The Labute approximate surface area is 114 Å². The van der Waals surface area contributed by atoms with Gasteiger partial charge in [-0.25, -0.2) is 0 Å². The number of carbonyl (C=O) groups excluding carboxylic acids is 1. The molecule has 1 unspecified atom stereocenters. The highest BCUT2D eigenvalue weighted by Crippen LogP contribution is 2.12. The second-order valence-corrected chi connectivity index (χ2v) is 4.63. The summed E-state index contributed by atoms with van der Waals surface area (Å²) in [5.74, 6) is -0.191. The van der Waals surface area contributed by atoms with Gasteiger partial charge in [0.2, 0.25) is 5.91 Å². The first-order valence-corrected chi connectivity index (χ1v) is 6.44. The first-order chi connectivity index (χ1) is 9.02. The van der Waals surface area contributed by atoms with E-state index in [2.05, 4.69) is 5.32 Å². The van der Waals surface area contributed by atoms with Gasteiger partial charge in [-0.15, -0.1) is 0 Å². The quantitative estimate of drug-likeness (QED) is 0.767. The molecule has 0 aromatic heterocycles. The molecule has 0 fully saturated rings. The number of anilines is 1. The Kier molecular flexibility index (Phi) is 6.09. The summed E-state index contributed by atoms with van der Waals surface area (Å²) in [5.41, 5.74) is 2.09. The normalized spacial score (nSPS) is 12.4. The Morgan fingerprint density at radius 3 is 2.53 bits per heavy atom. The Balaban J connectivity index is 2.49. The van der Waals surface area contributed by atoms with Crippen molar-refractivity contribution in [1.29, 1.82) is 0 Å². The van der Waals surface area contributed by atoms with Crippen LogP contribution in [0, 0.1) is 0 Å². The lowest BCUT2D eigenvalue weighted by atomic mass is 10.2. The highest BCUT2D eigenvalue weighted by atomic mass is 16.3. The summed E-state index contributed by atoms with van der Waals surface area (Å²) in [6.45, 7) is 2.16. The Morgan fingerprint density at radius 1 is 1.37 bits per heavy atom. The molecule has 0 aliphatic heterocycles. The van der Waals surface area contributed by atoms with Gasteiger partial charge in [-0.3, -0.25) is 4.79 Å². The molecule has 4 nitrogen and oxygen atoms in total. The van der Waals surface area contributed by atoms with Gasteiger partial charge in [-0.1, -0.05) is 19.1 Å². The third-order valence-corrected chi connectivity index (χ3v) is 2.82. The minimum Gasteiger partial charge on any atom is -0.391 e. The SMILES string of the molecule is CCC(O)CNC(=O)/C=C/c1ccc(N(C)C)cc1. The summed E-state index contributed by atoms with van der Waals surface area (Å²) in [5, 5.41) is 12.0. The summed E-state index contributed by atoms with van der Waals surface area (Å²) in [6, 6.07) is 7.91. The first kappa shape index (κ1) is 15.2. The lowest BCUT2D eigenvalue weighted by Gasteiger charge is -2.11. The van der Waals surface area contributed by atoms with Crippen LogP contribution >= 0.6 is 0 Å². The fourth-order valence-electron chi connectivity index (χ4n) is 1.48. The number of aliphatic hydroxyl groups is 1. The average molecular weight is 262 g/mol. The molecule has 0 aliphatic rings. The number of hydrogen-bond donors (Lipinski definition) is 2. The van der Waals surface area contributed by atoms with Gasteiger partial charge in [-0.2, -0.15) is 0 Å². The summed E-state index contributed by atoms with van der Waals surface area (Å²) < 4.78 is 0. The maximum atomic E-state index is 11.5. The maximum absolute atomic E-state index is 11.5. The molecular weight excluding hydrogens is 240 g/mol. The first-order valence-electron chi connectivity index (χ1n) is 6.44. The molecule has 0 heterocycles. The van der Waals surface area contributed by atoms with Gasteiger partial charge in [-0.05, 0) is 30.2 Å². The second-order valence-electron chi connectivity index (χ2n) is 4.63. The van der Waals surface area contributed by atoms with Crippen molar-refractivity contribution in [1.82, 2.24) is 5.32 Å². The zero-order valence-electron chi connectivity index (χ0n) is 11.8. The predicted octanol–water partition coefficient (Wildman–Crippen LogP) is 1.65. The van der Waals surface area contributed by atoms with Crippen LogP contribution in [0.4, 0.5) is 5.69 Å². The van der Waals surface area contributed by atoms with E-state index in [9.17, 15) is 9.90 Å². The predicted molar refractivity (Wildman–Crippen MR) is 79.1 cm³/mol. The van der Waals surface area contributed by atoms with E-state index < -0.39 is 6.10 Å². The molecule has 0 aliphatic carbocycles. The molecule has 0 saturated carbocycles. The van der Waals surface area contributed by atoms with Crippen molar-refractivity contribution >= 4 is 17.7 Å². The summed E-state index contributed by atoms with van der Waals surface area (Å²) >= 11 is 0. The van der Waals surface area contributed by atoms with Gasteiger partial charge >= 0.3 is 0 Å². The van der Waals surface area contributed by atoms with Crippen LogP contribution in [-0.4, -0.2) is 37.8 Å². The van der Waals surface area contributed by atoms with Gasteiger partial charge in [0, 0.05) is 32.4 Å². The van der Waals surface area contributed by atoms with Crippen molar-refractivity contribution in [2.24, 2.45) is 0 Å². The lowest BCUT2D eigenvalue weighted by molar-refractivity contribution is -0.116. The molecule has 4 heteroatoms. The third-order valence-electron chi connectivity index (χ3n) is 2.82. The number of rotatable bonds is 6. The van der Waals surface area contributed by atoms with Crippen LogP contribution in [0.2, 0.25) is 0 Å². The number of benzene rings is 1. The molecule has 0 spiro atoms. The average Bonchev–Trinajstić information content (AvgIpc) is 2.42.